The summed E-state index contributed by atoms with van der Waals surface area (Å²) in [5.74, 6) is -1.14. The Labute approximate surface area is 181 Å². The molecule has 0 spiro atoms. The van der Waals surface area contributed by atoms with E-state index in [-0.39, 0.29) is 17.9 Å². The first-order valence-electron chi connectivity index (χ1n) is 10.6. The van der Waals surface area contributed by atoms with E-state index in [2.05, 4.69) is 6.92 Å². The van der Waals surface area contributed by atoms with E-state index in [0.29, 0.717) is 5.69 Å². The summed E-state index contributed by atoms with van der Waals surface area (Å²) in [7, 11) is 0. The van der Waals surface area contributed by atoms with Crippen molar-refractivity contribution in [2.45, 2.75) is 32.4 Å². The first-order chi connectivity index (χ1) is 15.1. The fourth-order valence-corrected chi connectivity index (χ4v) is 4.58. The third kappa shape index (κ3) is 3.13. The highest BCUT2D eigenvalue weighted by atomic mass is 16.7. The lowest BCUT2D eigenvalue weighted by molar-refractivity contribution is -0.126. The normalized spacial score (nSPS) is 22.8. The van der Waals surface area contributed by atoms with E-state index in [1.54, 1.807) is 5.06 Å². The van der Waals surface area contributed by atoms with Crippen LogP contribution in [0.3, 0.4) is 0 Å². The average Bonchev–Trinajstić information content (AvgIpc) is 3.31. The number of hydrogen-bond donors (Lipinski definition) is 0. The molecule has 3 aromatic carbocycles. The van der Waals surface area contributed by atoms with Crippen LogP contribution in [0.1, 0.15) is 29.7 Å². The van der Waals surface area contributed by atoms with Crippen molar-refractivity contribution in [1.82, 2.24) is 0 Å². The molecule has 2 aliphatic rings. The molecule has 0 bridgehead atoms. The molecule has 3 aromatic rings. The molecule has 2 amide bonds. The van der Waals surface area contributed by atoms with Crippen LogP contribution in [0.2, 0.25) is 0 Å². The molecule has 0 aromatic heterocycles. The van der Waals surface area contributed by atoms with Crippen LogP contribution >= 0.6 is 0 Å². The van der Waals surface area contributed by atoms with E-state index >= 15 is 0 Å². The minimum absolute atomic E-state index is 0.217. The zero-order valence-corrected chi connectivity index (χ0v) is 17.6. The molecular formula is C26H24N2O3. The molecule has 3 atom stereocenters. The van der Waals surface area contributed by atoms with Gasteiger partial charge in [0.05, 0.1) is 17.4 Å². The first-order valence-corrected chi connectivity index (χ1v) is 10.6. The first kappa shape index (κ1) is 19.5. The standard InChI is InChI=1S/C26H24N2O3/c1-3-18-13-15-19(16-14-18)27-25(29)22-23(21-12-8-7-9-17(21)2)28(31-24(22)26(27)30)20-10-5-4-6-11-20/h4-16,22-24H,3H2,1-2H3/t22-,23+,24-/m0/s1. The number of nitrogens with zero attached hydrogens (tertiary/aromatic N) is 2. The largest absolute Gasteiger partial charge is 0.273 e. The number of carbonyl (C=O) groups is 2. The Morgan fingerprint density at radius 1 is 0.806 bits per heavy atom. The molecule has 0 unspecified atom stereocenters. The van der Waals surface area contributed by atoms with Gasteiger partial charge in [-0.15, -0.1) is 0 Å². The predicted octanol–water partition coefficient (Wildman–Crippen LogP) is 4.61. The van der Waals surface area contributed by atoms with E-state index in [0.717, 1.165) is 28.8 Å². The summed E-state index contributed by atoms with van der Waals surface area (Å²) in [6.07, 6.45) is 0.0564. The summed E-state index contributed by atoms with van der Waals surface area (Å²) < 4.78 is 0. The average molecular weight is 412 g/mol. The van der Waals surface area contributed by atoms with Gasteiger partial charge in [-0.2, -0.15) is 0 Å². The Hall–Kier alpha value is -3.44. The van der Waals surface area contributed by atoms with Gasteiger partial charge in [0, 0.05) is 0 Å². The van der Waals surface area contributed by atoms with E-state index in [9.17, 15) is 9.59 Å². The molecule has 0 N–H and O–H groups in total. The molecular weight excluding hydrogens is 388 g/mol. The van der Waals surface area contributed by atoms with Crippen LogP contribution in [-0.4, -0.2) is 17.9 Å². The number of aryl methyl sites for hydroxylation is 2. The van der Waals surface area contributed by atoms with Crippen molar-refractivity contribution in [1.29, 1.82) is 0 Å². The quantitative estimate of drug-likeness (QED) is 0.588. The SMILES string of the molecule is CCc1ccc(N2C(=O)[C@@H]3[C@H](ON(c4ccccc4)[C@@H]3c3ccccc3C)C2=O)cc1. The minimum atomic E-state index is -0.844. The summed E-state index contributed by atoms with van der Waals surface area (Å²) in [6, 6.07) is 24.8. The lowest BCUT2D eigenvalue weighted by Gasteiger charge is -2.29. The highest BCUT2D eigenvalue weighted by molar-refractivity contribution is 6.23. The summed E-state index contributed by atoms with van der Waals surface area (Å²) >= 11 is 0. The van der Waals surface area contributed by atoms with Gasteiger partial charge < -0.3 is 0 Å². The molecule has 2 fully saturated rings. The Bertz CT molecular complexity index is 1130. The number of benzene rings is 3. The van der Waals surface area contributed by atoms with Gasteiger partial charge in [-0.3, -0.25) is 14.4 Å². The van der Waals surface area contributed by atoms with Crippen molar-refractivity contribution in [2.75, 3.05) is 9.96 Å². The lowest BCUT2D eigenvalue weighted by Crippen LogP contribution is -2.37. The van der Waals surface area contributed by atoms with Crippen LogP contribution in [0.5, 0.6) is 0 Å². The number of carbonyl (C=O) groups excluding carboxylic acids is 2. The van der Waals surface area contributed by atoms with Crippen molar-refractivity contribution in [2.24, 2.45) is 5.92 Å². The zero-order valence-electron chi connectivity index (χ0n) is 17.6. The lowest BCUT2D eigenvalue weighted by atomic mass is 9.88. The number of amides is 2. The molecule has 2 heterocycles. The van der Waals surface area contributed by atoms with Crippen LogP contribution < -0.4 is 9.96 Å². The van der Waals surface area contributed by atoms with Crippen molar-refractivity contribution >= 4 is 23.2 Å². The van der Waals surface area contributed by atoms with Crippen LogP contribution in [-0.2, 0) is 20.8 Å². The molecule has 2 aliphatic heterocycles. The van der Waals surface area contributed by atoms with Crippen molar-refractivity contribution < 1.29 is 14.4 Å². The molecule has 5 rings (SSSR count). The van der Waals surface area contributed by atoms with Crippen molar-refractivity contribution in [3.63, 3.8) is 0 Å². The summed E-state index contributed by atoms with van der Waals surface area (Å²) in [5, 5.41) is 1.74. The maximum atomic E-state index is 13.6. The van der Waals surface area contributed by atoms with Crippen molar-refractivity contribution in [3.05, 3.63) is 95.6 Å². The molecule has 0 radical (unpaired) electrons. The highest BCUT2D eigenvalue weighted by Crippen LogP contribution is 2.48. The van der Waals surface area contributed by atoms with Crippen LogP contribution in [0, 0.1) is 12.8 Å². The van der Waals surface area contributed by atoms with Gasteiger partial charge in [0.25, 0.3) is 5.91 Å². The third-order valence-electron chi connectivity index (χ3n) is 6.24. The van der Waals surface area contributed by atoms with Gasteiger partial charge >= 0.3 is 0 Å². The highest BCUT2D eigenvalue weighted by Gasteiger charge is 2.60. The minimum Gasteiger partial charge on any atom is -0.273 e. The van der Waals surface area contributed by atoms with Gasteiger partial charge in [-0.1, -0.05) is 61.5 Å². The molecule has 5 nitrogen and oxygen atoms in total. The fraction of sp³-hybridized carbons (Fsp3) is 0.231. The van der Waals surface area contributed by atoms with E-state index in [1.807, 2.05) is 85.8 Å². The zero-order chi connectivity index (χ0) is 21.5. The molecule has 5 heteroatoms. The molecule has 156 valence electrons. The van der Waals surface area contributed by atoms with Gasteiger partial charge in [0.1, 0.15) is 5.92 Å². The Kier molecular flexibility index (Phi) is 4.83. The topological polar surface area (TPSA) is 49.9 Å². The van der Waals surface area contributed by atoms with E-state index in [1.165, 1.54) is 4.90 Å². The summed E-state index contributed by atoms with van der Waals surface area (Å²) in [6.45, 7) is 4.10. The maximum Gasteiger partial charge on any atom is 0.266 e. The van der Waals surface area contributed by atoms with Gasteiger partial charge in [0.15, 0.2) is 6.10 Å². The number of hydrogen-bond acceptors (Lipinski definition) is 4. The number of hydroxylamine groups is 1. The van der Waals surface area contributed by atoms with Gasteiger partial charge in [-0.05, 0) is 54.3 Å². The second-order valence-electron chi connectivity index (χ2n) is 8.05. The smallest absolute Gasteiger partial charge is 0.266 e. The number of imide groups is 1. The Balaban J connectivity index is 1.58. The second-order valence-corrected chi connectivity index (χ2v) is 8.05. The number of fused-ring (bicyclic) bond motifs is 1. The molecule has 0 aliphatic carbocycles. The fourth-order valence-electron chi connectivity index (χ4n) is 4.58. The Morgan fingerprint density at radius 2 is 1.48 bits per heavy atom. The monoisotopic (exact) mass is 412 g/mol. The molecule has 0 saturated carbocycles. The predicted molar refractivity (Wildman–Crippen MR) is 120 cm³/mol. The number of para-hydroxylation sites is 1. The molecule has 2 saturated heterocycles. The van der Waals surface area contributed by atoms with Crippen molar-refractivity contribution in [3.8, 4) is 0 Å². The van der Waals surface area contributed by atoms with Crippen LogP contribution in [0.15, 0.2) is 78.9 Å². The number of anilines is 2. The van der Waals surface area contributed by atoms with E-state index < -0.39 is 12.0 Å². The van der Waals surface area contributed by atoms with Gasteiger partial charge in [0.2, 0.25) is 5.91 Å². The third-order valence-corrected chi connectivity index (χ3v) is 6.24. The van der Waals surface area contributed by atoms with Gasteiger partial charge in [-0.25, -0.2) is 9.96 Å². The van der Waals surface area contributed by atoms with Crippen LogP contribution in [0.4, 0.5) is 11.4 Å². The van der Waals surface area contributed by atoms with E-state index in [4.69, 9.17) is 4.84 Å². The second kappa shape index (κ2) is 7.67. The maximum absolute atomic E-state index is 13.6. The molecule has 31 heavy (non-hydrogen) atoms. The number of rotatable bonds is 4. The summed E-state index contributed by atoms with van der Waals surface area (Å²) in [4.78, 5) is 34.5. The Morgan fingerprint density at radius 3 is 2.16 bits per heavy atom. The van der Waals surface area contributed by atoms with Crippen LogP contribution in [0.25, 0.3) is 0 Å². The summed E-state index contributed by atoms with van der Waals surface area (Å²) in [5.41, 5.74) is 4.63.